The molecule has 10 heteroatoms. The zero-order valence-corrected chi connectivity index (χ0v) is 17.2. The summed E-state index contributed by atoms with van der Waals surface area (Å²) in [6.07, 6.45) is 0.644. The summed E-state index contributed by atoms with van der Waals surface area (Å²) in [6.45, 7) is 4.87. The third kappa shape index (κ3) is 5.26. The fraction of sp³-hybridized carbons (Fsp3) is 0.529. The minimum atomic E-state index is -3.71. The maximum absolute atomic E-state index is 12.9. The van der Waals surface area contributed by atoms with Crippen LogP contribution in [0.1, 0.15) is 13.8 Å². The summed E-state index contributed by atoms with van der Waals surface area (Å²) >= 11 is 5.98. The molecule has 1 aliphatic heterocycles. The van der Waals surface area contributed by atoms with E-state index in [2.05, 4.69) is 0 Å². The molecule has 0 radical (unpaired) electrons. The summed E-state index contributed by atoms with van der Waals surface area (Å²) in [4.78, 5) is 27.8. The summed E-state index contributed by atoms with van der Waals surface area (Å²) in [6, 6.07) is 5.42. The van der Waals surface area contributed by atoms with Crippen molar-refractivity contribution in [2.45, 2.75) is 19.9 Å². The van der Waals surface area contributed by atoms with Gasteiger partial charge in [0.05, 0.1) is 18.6 Å². The summed E-state index contributed by atoms with van der Waals surface area (Å²) in [5.41, 5.74) is 0.330. The van der Waals surface area contributed by atoms with Gasteiger partial charge in [-0.2, -0.15) is 0 Å². The van der Waals surface area contributed by atoms with Crippen molar-refractivity contribution in [1.29, 1.82) is 0 Å². The quantitative estimate of drug-likeness (QED) is 0.728. The average Bonchev–Trinajstić information content (AvgIpc) is 2.60. The lowest BCUT2D eigenvalue weighted by Gasteiger charge is -2.37. The van der Waals surface area contributed by atoms with E-state index in [9.17, 15) is 18.0 Å². The van der Waals surface area contributed by atoms with E-state index in [0.29, 0.717) is 36.9 Å². The molecule has 1 saturated heterocycles. The number of rotatable bonds is 5. The minimum absolute atomic E-state index is 0.290. The lowest BCUT2D eigenvalue weighted by atomic mass is 10.2. The molecule has 0 saturated carbocycles. The van der Waals surface area contributed by atoms with Crippen LogP contribution < -0.4 is 4.31 Å². The predicted octanol–water partition coefficient (Wildman–Crippen LogP) is 1.80. The molecule has 1 aromatic rings. The van der Waals surface area contributed by atoms with E-state index in [1.54, 1.807) is 36.9 Å². The van der Waals surface area contributed by atoms with Crippen LogP contribution in [0.25, 0.3) is 0 Å². The highest BCUT2D eigenvalue weighted by atomic mass is 35.5. The molecular formula is C17H24ClN3O5S. The third-order valence-corrected chi connectivity index (χ3v) is 5.72. The molecule has 27 heavy (non-hydrogen) atoms. The number of benzene rings is 1. The number of hydrogen-bond donors (Lipinski definition) is 0. The molecule has 1 aliphatic rings. The van der Waals surface area contributed by atoms with Crippen molar-refractivity contribution in [3.05, 3.63) is 29.3 Å². The van der Waals surface area contributed by atoms with E-state index in [1.165, 1.54) is 11.0 Å². The Bertz CT molecular complexity index is 794. The molecule has 0 spiro atoms. The van der Waals surface area contributed by atoms with Gasteiger partial charge in [0.25, 0.3) is 0 Å². The van der Waals surface area contributed by atoms with Gasteiger partial charge in [-0.1, -0.05) is 17.7 Å². The second-order valence-corrected chi connectivity index (χ2v) is 8.52. The van der Waals surface area contributed by atoms with E-state index in [1.807, 2.05) is 0 Å². The predicted molar refractivity (Wildman–Crippen MR) is 103 cm³/mol. The SMILES string of the molecule is CCOC(=O)N1CCN(C(=O)C(C)N(c2cccc(Cl)c2)S(C)(=O)=O)CC1. The van der Waals surface area contributed by atoms with Crippen LogP contribution in [-0.4, -0.2) is 75.3 Å². The molecule has 150 valence electrons. The number of anilines is 1. The first-order chi connectivity index (χ1) is 12.6. The maximum Gasteiger partial charge on any atom is 0.409 e. The summed E-state index contributed by atoms with van der Waals surface area (Å²) in [5, 5.41) is 0.379. The highest BCUT2D eigenvalue weighted by Gasteiger charge is 2.34. The number of carbonyl (C=O) groups is 2. The van der Waals surface area contributed by atoms with Crippen LogP contribution in [0.4, 0.5) is 10.5 Å². The van der Waals surface area contributed by atoms with Gasteiger partial charge in [-0.05, 0) is 32.0 Å². The summed E-state index contributed by atoms with van der Waals surface area (Å²) in [7, 11) is -3.71. The van der Waals surface area contributed by atoms with Gasteiger partial charge in [0.1, 0.15) is 6.04 Å². The maximum atomic E-state index is 12.9. The van der Waals surface area contributed by atoms with Crippen molar-refractivity contribution in [3.8, 4) is 0 Å². The van der Waals surface area contributed by atoms with Crippen molar-refractivity contribution in [2.24, 2.45) is 0 Å². The molecule has 0 bridgehead atoms. The average molecular weight is 418 g/mol. The highest BCUT2D eigenvalue weighted by molar-refractivity contribution is 7.92. The first kappa shape index (κ1) is 21.3. The molecule has 1 fully saturated rings. The van der Waals surface area contributed by atoms with Crippen LogP contribution in [0.2, 0.25) is 5.02 Å². The Morgan fingerprint density at radius 3 is 2.33 bits per heavy atom. The topological polar surface area (TPSA) is 87.2 Å². The molecule has 2 amide bonds. The number of sulfonamides is 1. The van der Waals surface area contributed by atoms with E-state index < -0.39 is 22.2 Å². The third-order valence-electron chi connectivity index (χ3n) is 4.25. The second kappa shape index (κ2) is 8.79. The van der Waals surface area contributed by atoms with Gasteiger partial charge in [-0.3, -0.25) is 9.10 Å². The van der Waals surface area contributed by atoms with Gasteiger partial charge in [0, 0.05) is 31.2 Å². The molecule has 8 nitrogen and oxygen atoms in total. The Kier molecular flexibility index (Phi) is 6.94. The Labute approximate surface area is 164 Å². The lowest BCUT2D eigenvalue weighted by Crippen LogP contribution is -2.56. The Hall–Kier alpha value is -2.00. The van der Waals surface area contributed by atoms with Crippen molar-refractivity contribution in [1.82, 2.24) is 9.80 Å². The van der Waals surface area contributed by atoms with Gasteiger partial charge in [0.2, 0.25) is 15.9 Å². The number of hydrogen-bond acceptors (Lipinski definition) is 5. The monoisotopic (exact) mass is 417 g/mol. The standard InChI is InChI=1S/C17H24ClN3O5S/c1-4-26-17(23)20-10-8-19(9-11-20)16(22)13(2)21(27(3,24)25)15-7-5-6-14(18)12-15/h5-7,12-13H,4,8-11H2,1-3H3. The molecule has 2 rings (SSSR count). The van der Waals surface area contributed by atoms with E-state index >= 15 is 0 Å². The van der Waals surface area contributed by atoms with Crippen LogP contribution in [-0.2, 0) is 19.6 Å². The van der Waals surface area contributed by atoms with Crippen LogP contribution in [0.15, 0.2) is 24.3 Å². The zero-order chi connectivity index (χ0) is 20.2. The number of ether oxygens (including phenoxy) is 1. The Morgan fingerprint density at radius 1 is 1.22 bits per heavy atom. The van der Waals surface area contributed by atoms with E-state index in [4.69, 9.17) is 16.3 Å². The lowest BCUT2D eigenvalue weighted by molar-refractivity contribution is -0.133. The molecule has 1 heterocycles. The first-order valence-electron chi connectivity index (χ1n) is 8.60. The fourth-order valence-electron chi connectivity index (χ4n) is 3.00. The second-order valence-electron chi connectivity index (χ2n) is 6.23. The van der Waals surface area contributed by atoms with Gasteiger partial charge >= 0.3 is 6.09 Å². The highest BCUT2D eigenvalue weighted by Crippen LogP contribution is 2.25. The Morgan fingerprint density at radius 2 is 1.81 bits per heavy atom. The first-order valence-corrected chi connectivity index (χ1v) is 10.8. The van der Waals surface area contributed by atoms with Crippen molar-refractivity contribution < 1.29 is 22.7 Å². The van der Waals surface area contributed by atoms with Crippen molar-refractivity contribution in [3.63, 3.8) is 0 Å². The Balaban J connectivity index is 2.13. The van der Waals surface area contributed by atoms with Gasteiger partial charge < -0.3 is 14.5 Å². The number of nitrogens with zero attached hydrogens (tertiary/aromatic N) is 3. The number of carbonyl (C=O) groups excluding carboxylic acids is 2. The number of halogens is 1. The smallest absolute Gasteiger partial charge is 0.409 e. The van der Waals surface area contributed by atoms with Crippen molar-refractivity contribution in [2.75, 3.05) is 43.3 Å². The number of amides is 2. The molecule has 0 N–H and O–H groups in total. The van der Waals surface area contributed by atoms with Gasteiger partial charge in [-0.25, -0.2) is 13.2 Å². The van der Waals surface area contributed by atoms with E-state index in [-0.39, 0.29) is 12.5 Å². The fourth-order valence-corrected chi connectivity index (χ4v) is 4.35. The molecular weight excluding hydrogens is 394 g/mol. The van der Waals surface area contributed by atoms with Gasteiger partial charge in [-0.15, -0.1) is 0 Å². The van der Waals surface area contributed by atoms with Crippen LogP contribution in [0, 0.1) is 0 Å². The minimum Gasteiger partial charge on any atom is -0.450 e. The van der Waals surface area contributed by atoms with Crippen LogP contribution in [0.5, 0.6) is 0 Å². The zero-order valence-electron chi connectivity index (χ0n) is 15.6. The molecule has 1 atom stereocenters. The van der Waals surface area contributed by atoms with Crippen molar-refractivity contribution >= 4 is 39.3 Å². The van der Waals surface area contributed by atoms with Crippen LogP contribution in [0.3, 0.4) is 0 Å². The largest absolute Gasteiger partial charge is 0.450 e. The number of piperazine rings is 1. The van der Waals surface area contributed by atoms with Gasteiger partial charge in [0.15, 0.2) is 0 Å². The molecule has 1 unspecified atom stereocenters. The summed E-state index contributed by atoms with van der Waals surface area (Å²) in [5.74, 6) is -0.330. The molecule has 1 aromatic carbocycles. The molecule has 0 aliphatic carbocycles. The molecule has 0 aromatic heterocycles. The summed E-state index contributed by atoms with van der Waals surface area (Å²) < 4.78 is 30.7. The van der Waals surface area contributed by atoms with E-state index in [0.717, 1.165) is 10.6 Å². The normalized spacial score (nSPS) is 16.0. The van der Waals surface area contributed by atoms with Crippen LogP contribution >= 0.6 is 11.6 Å².